The summed E-state index contributed by atoms with van der Waals surface area (Å²) in [6.45, 7) is 3.06. The topological polar surface area (TPSA) is 92.9 Å². The molecule has 3 N–H and O–H groups in total. The Balaban J connectivity index is 2.26. The van der Waals surface area contributed by atoms with Crippen LogP contribution >= 0.6 is 0 Å². The molecule has 0 aromatic rings. The summed E-state index contributed by atoms with van der Waals surface area (Å²) >= 11 is 0. The largest absolute Gasteiger partial charge is 0.479 e. The zero-order valence-corrected chi connectivity index (χ0v) is 11.4. The highest BCUT2D eigenvalue weighted by atomic mass is 16.5. The maximum absolute atomic E-state index is 12.6. The van der Waals surface area contributed by atoms with Gasteiger partial charge in [-0.2, -0.15) is 0 Å². The van der Waals surface area contributed by atoms with Crippen LogP contribution in [0.15, 0.2) is 0 Å². The smallest absolute Gasteiger partial charge is 0.329 e. The second-order valence-corrected chi connectivity index (χ2v) is 5.61. The fourth-order valence-corrected chi connectivity index (χ4v) is 3.20. The SMILES string of the molecule is CCCC1(C(=O)O)CCCN1C(=O)C1(N)CCOC1. The summed E-state index contributed by atoms with van der Waals surface area (Å²) in [6.07, 6.45) is 2.90. The summed E-state index contributed by atoms with van der Waals surface area (Å²) in [5, 5.41) is 9.57. The van der Waals surface area contributed by atoms with Crippen molar-refractivity contribution in [1.82, 2.24) is 4.90 Å². The van der Waals surface area contributed by atoms with E-state index in [1.54, 1.807) is 0 Å². The van der Waals surface area contributed by atoms with Crippen LogP contribution in [-0.2, 0) is 14.3 Å². The van der Waals surface area contributed by atoms with Gasteiger partial charge in [-0.1, -0.05) is 13.3 Å². The monoisotopic (exact) mass is 270 g/mol. The van der Waals surface area contributed by atoms with Crippen molar-refractivity contribution < 1.29 is 19.4 Å². The lowest BCUT2D eigenvalue weighted by Crippen LogP contribution is -2.62. The number of likely N-dealkylation sites (tertiary alicyclic amines) is 1. The minimum atomic E-state index is -1.07. The number of carbonyl (C=O) groups is 2. The lowest BCUT2D eigenvalue weighted by Gasteiger charge is -2.38. The molecule has 2 rings (SSSR count). The predicted molar refractivity (Wildman–Crippen MR) is 68.6 cm³/mol. The van der Waals surface area contributed by atoms with Crippen LogP contribution in [0, 0.1) is 0 Å². The van der Waals surface area contributed by atoms with Gasteiger partial charge in [-0.25, -0.2) is 4.79 Å². The summed E-state index contributed by atoms with van der Waals surface area (Å²) in [5.74, 6) is -1.18. The number of aliphatic carboxylic acids is 1. The van der Waals surface area contributed by atoms with Gasteiger partial charge in [0.2, 0.25) is 5.91 Å². The van der Waals surface area contributed by atoms with Gasteiger partial charge in [0.25, 0.3) is 0 Å². The van der Waals surface area contributed by atoms with Crippen molar-refractivity contribution >= 4 is 11.9 Å². The van der Waals surface area contributed by atoms with Crippen LogP contribution in [0.1, 0.15) is 39.0 Å². The molecule has 19 heavy (non-hydrogen) atoms. The van der Waals surface area contributed by atoms with Gasteiger partial charge < -0.3 is 20.5 Å². The Morgan fingerprint density at radius 1 is 1.42 bits per heavy atom. The molecule has 0 aromatic heterocycles. The average molecular weight is 270 g/mol. The van der Waals surface area contributed by atoms with Crippen LogP contribution in [0.2, 0.25) is 0 Å². The average Bonchev–Trinajstić information content (AvgIpc) is 2.97. The molecule has 108 valence electrons. The van der Waals surface area contributed by atoms with Crippen molar-refractivity contribution in [2.75, 3.05) is 19.8 Å². The van der Waals surface area contributed by atoms with E-state index in [9.17, 15) is 14.7 Å². The second kappa shape index (κ2) is 5.09. The number of rotatable bonds is 4. The second-order valence-electron chi connectivity index (χ2n) is 5.61. The summed E-state index contributed by atoms with van der Waals surface area (Å²) < 4.78 is 5.21. The van der Waals surface area contributed by atoms with E-state index < -0.39 is 17.0 Å². The molecule has 6 nitrogen and oxygen atoms in total. The Hall–Kier alpha value is -1.14. The Bertz CT molecular complexity index is 379. The third kappa shape index (κ3) is 2.23. The minimum absolute atomic E-state index is 0.185. The molecular weight excluding hydrogens is 248 g/mol. The highest BCUT2D eigenvalue weighted by Crippen LogP contribution is 2.36. The first kappa shape index (κ1) is 14.3. The zero-order chi connectivity index (χ0) is 14.1. The normalized spacial score (nSPS) is 34.7. The standard InChI is InChI=1S/C13H22N2O4/c1-2-4-13(11(17)18)5-3-7-15(13)10(16)12(14)6-8-19-9-12/h2-9,14H2,1H3,(H,17,18). The third-order valence-corrected chi connectivity index (χ3v) is 4.27. The van der Waals surface area contributed by atoms with Gasteiger partial charge in [-0.05, 0) is 25.7 Å². The van der Waals surface area contributed by atoms with E-state index in [0.717, 1.165) is 12.8 Å². The first-order valence-corrected chi connectivity index (χ1v) is 6.88. The molecule has 2 unspecified atom stereocenters. The number of hydrogen-bond donors (Lipinski definition) is 2. The molecule has 0 bridgehead atoms. The van der Waals surface area contributed by atoms with Crippen LogP contribution in [-0.4, -0.2) is 52.7 Å². The van der Waals surface area contributed by atoms with Crippen molar-refractivity contribution in [1.29, 1.82) is 0 Å². The van der Waals surface area contributed by atoms with Gasteiger partial charge in [-0.3, -0.25) is 4.79 Å². The van der Waals surface area contributed by atoms with Gasteiger partial charge in [0, 0.05) is 13.2 Å². The summed E-state index contributed by atoms with van der Waals surface area (Å²) in [6, 6.07) is 0. The fraction of sp³-hybridized carbons (Fsp3) is 0.846. The molecule has 0 radical (unpaired) electrons. The lowest BCUT2D eigenvalue weighted by atomic mass is 9.88. The van der Waals surface area contributed by atoms with E-state index in [0.29, 0.717) is 32.4 Å². The first-order valence-electron chi connectivity index (χ1n) is 6.88. The minimum Gasteiger partial charge on any atom is -0.479 e. The molecule has 2 fully saturated rings. The van der Waals surface area contributed by atoms with Gasteiger partial charge in [0.1, 0.15) is 11.1 Å². The van der Waals surface area contributed by atoms with Gasteiger partial charge in [0.05, 0.1) is 6.61 Å². The summed E-state index contributed by atoms with van der Waals surface area (Å²) in [7, 11) is 0. The number of ether oxygens (including phenoxy) is 1. The maximum atomic E-state index is 12.6. The van der Waals surface area contributed by atoms with E-state index in [4.69, 9.17) is 10.5 Å². The highest BCUT2D eigenvalue weighted by molar-refractivity contribution is 5.93. The van der Waals surface area contributed by atoms with Gasteiger partial charge in [0.15, 0.2) is 0 Å². The predicted octanol–water partition coefficient (Wildman–Crippen LogP) is 0.350. The van der Waals surface area contributed by atoms with E-state index in [1.807, 2.05) is 6.92 Å². The van der Waals surface area contributed by atoms with E-state index >= 15 is 0 Å². The van der Waals surface area contributed by atoms with Crippen molar-refractivity contribution in [3.8, 4) is 0 Å². The Kier molecular flexibility index (Phi) is 3.82. The Labute approximate surface area is 112 Å². The number of carboxylic acids is 1. The van der Waals surface area contributed by atoms with Crippen LogP contribution in [0.4, 0.5) is 0 Å². The lowest BCUT2D eigenvalue weighted by molar-refractivity contribution is -0.159. The van der Waals surface area contributed by atoms with Crippen LogP contribution in [0.5, 0.6) is 0 Å². The van der Waals surface area contributed by atoms with E-state index in [-0.39, 0.29) is 12.5 Å². The molecule has 6 heteroatoms. The van der Waals surface area contributed by atoms with Crippen LogP contribution in [0.3, 0.4) is 0 Å². The summed E-state index contributed by atoms with van der Waals surface area (Å²) in [4.78, 5) is 25.8. The Morgan fingerprint density at radius 3 is 2.68 bits per heavy atom. The van der Waals surface area contributed by atoms with Crippen LogP contribution in [0.25, 0.3) is 0 Å². The molecule has 2 saturated heterocycles. The van der Waals surface area contributed by atoms with Gasteiger partial charge >= 0.3 is 5.97 Å². The van der Waals surface area contributed by atoms with E-state index in [1.165, 1.54) is 4.90 Å². The highest BCUT2D eigenvalue weighted by Gasteiger charge is 2.53. The van der Waals surface area contributed by atoms with Crippen LogP contribution < -0.4 is 5.73 Å². The number of nitrogens with zero attached hydrogens (tertiary/aromatic N) is 1. The molecule has 1 amide bonds. The summed E-state index contributed by atoms with van der Waals surface area (Å²) in [5.41, 5.74) is 3.98. The van der Waals surface area contributed by atoms with Crippen molar-refractivity contribution in [3.05, 3.63) is 0 Å². The van der Waals surface area contributed by atoms with Crippen molar-refractivity contribution in [2.24, 2.45) is 5.73 Å². The molecule has 2 heterocycles. The molecule has 0 spiro atoms. The molecule has 2 atom stereocenters. The number of carboxylic acid groups (broad SMARTS) is 1. The Morgan fingerprint density at radius 2 is 2.16 bits per heavy atom. The van der Waals surface area contributed by atoms with Crippen molar-refractivity contribution in [2.45, 2.75) is 50.1 Å². The molecular formula is C13H22N2O4. The molecule has 2 aliphatic rings. The van der Waals surface area contributed by atoms with Crippen molar-refractivity contribution in [3.63, 3.8) is 0 Å². The quantitative estimate of drug-likeness (QED) is 0.769. The maximum Gasteiger partial charge on any atom is 0.329 e. The number of hydrogen-bond acceptors (Lipinski definition) is 4. The zero-order valence-electron chi connectivity index (χ0n) is 11.4. The molecule has 0 aliphatic carbocycles. The number of nitrogens with two attached hydrogens (primary N) is 1. The third-order valence-electron chi connectivity index (χ3n) is 4.27. The fourth-order valence-electron chi connectivity index (χ4n) is 3.20. The number of amides is 1. The molecule has 0 aromatic carbocycles. The molecule has 0 saturated carbocycles. The van der Waals surface area contributed by atoms with Gasteiger partial charge in [-0.15, -0.1) is 0 Å². The number of carbonyl (C=O) groups excluding carboxylic acids is 1. The first-order chi connectivity index (χ1) is 8.96. The molecule has 2 aliphatic heterocycles. The van der Waals surface area contributed by atoms with E-state index in [2.05, 4.69) is 0 Å².